The molecule has 0 saturated heterocycles. The Morgan fingerprint density at radius 3 is 2.94 bits per heavy atom. The normalized spacial score (nSPS) is 26.8. The second-order valence-electron chi connectivity index (χ2n) is 4.16. The van der Waals surface area contributed by atoms with E-state index < -0.39 is 0 Å². The summed E-state index contributed by atoms with van der Waals surface area (Å²) >= 11 is 10.6. The molecule has 1 nitrogen and oxygen atoms in total. The van der Waals surface area contributed by atoms with Crippen molar-refractivity contribution in [1.82, 2.24) is 0 Å². The van der Waals surface area contributed by atoms with E-state index in [9.17, 15) is 5.26 Å². The van der Waals surface area contributed by atoms with Crippen LogP contribution in [0.3, 0.4) is 0 Å². The lowest BCUT2D eigenvalue weighted by Crippen LogP contribution is -2.27. The Bertz CT molecular complexity index is 367. The zero-order valence-electron chi connectivity index (χ0n) is 9.93. The second kappa shape index (κ2) is 7.25. The predicted octanol–water partition coefficient (Wildman–Crippen LogP) is 4.38. The van der Waals surface area contributed by atoms with E-state index in [0.717, 1.165) is 25.0 Å². The molecule has 4 heteroatoms. The molecule has 0 aromatic heterocycles. The van der Waals surface area contributed by atoms with Crippen molar-refractivity contribution in [2.75, 3.05) is 5.75 Å². The maximum atomic E-state index is 9.47. The first-order valence-electron chi connectivity index (χ1n) is 5.77. The van der Waals surface area contributed by atoms with Crippen LogP contribution in [0.5, 0.6) is 0 Å². The van der Waals surface area contributed by atoms with E-state index in [2.05, 4.69) is 37.8 Å². The lowest BCUT2D eigenvalue weighted by molar-refractivity contribution is 0.329. The summed E-state index contributed by atoms with van der Waals surface area (Å²) in [7, 11) is 0. The van der Waals surface area contributed by atoms with E-state index in [0.29, 0.717) is 9.45 Å². The van der Waals surface area contributed by atoms with Crippen LogP contribution in [-0.4, -0.2) is 9.28 Å². The van der Waals surface area contributed by atoms with Gasteiger partial charge in [-0.1, -0.05) is 49.9 Å². The minimum Gasteiger partial charge on any atom is -0.197 e. The predicted molar refractivity (Wildman–Crippen MR) is 83.4 cm³/mol. The minimum absolute atomic E-state index is 0.299. The van der Waals surface area contributed by atoms with Crippen LogP contribution in [0, 0.1) is 22.7 Å². The summed E-state index contributed by atoms with van der Waals surface area (Å²) in [6.45, 7) is 2.12. The van der Waals surface area contributed by atoms with Crippen molar-refractivity contribution in [3.63, 3.8) is 0 Å². The van der Waals surface area contributed by atoms with Gasteiger partial charge < -0.3 is 0 Å². The molecule has 0 radical (unpaired) electrons. The molecule has 0 saturated carbocycles. The highest BCUT2D eigenvalue weighted by molar-refractivity contribution is 8.41. The van der Waals surface area contributed by atoms with Crippen LogP contribution >= 0.6 is 36.6 Å². The summed E-state index contributed by atoms with van der Waals surface area (Å²) in [5.41, 5.74) is -0.317. The Labute approximate surface area is 119 Å². The average molecular weight is 283 g/mol. The third kappa shape index (κ3) is 4.17. The number of hydrogen-bond donors (Lipinski definition) is 1. The number of nitrogens with zero attached hydrogens (tertiary/aromatic N) is 1. The van der Waals surface area contributed by atoms with Crippen LogP contribution in [0.2, 0.25) is 0 Å². The topological polar surface area (TPSA) is 23.8 Å². The maximum Gasteiger partial charge on any atom is 0.101 e. The Kier molecular flexibility index (Phi) is 6.32. The van der Waals surface area contributed by atoms with Gasteiger partial charge in [-0.15, -0.1) is 24.4 Å². The molecule has 1 rings (SSSR count). The Balaban J connectivity index is 2.67. The van der Waals surface area contributed by atoms with Crippen LogP contribution in [0.25, 0.3) is 0 Å². The van der Waals surface area contributed by atoms with E-state index in [1.54, 1.807) is 11.8 Å². The SMILES string of the molecule is CCCC1(C#N)C=CC=CC1CCSC(=S)S. The first-order chi connectivity index (χ1) is 8.14. The van der Waals surface area contributed by atoms with Gasteiger partial charge in [0.1, 0.15) is 3.53 Å². The Hall–Kier alpha value is -0.240. The summed E-state index contributed by atoms with van der Waals surface area (Å²) in [6, 6.07) is 2.51. The van der Waals surface area contributed by atoms with E-state index in [1.165, 1.54) is 0 Å². The standard InChI is InChI=1S/C13H17NS3/c1-2-7-13(10-14)8-4-3-5-11(13)6-9-17-12(15)16/h3-5,8,11H,2,6-7,9H2,1H3,(H,15,16). The largest absolute Gasteiger partial charge is 0.197 e. The fourth-order valence-corrected chi connectivity index (χ4v) is 3.28. The molecule has 0 heterocycles. The van der Waals surface area contributed by atoms with Gasteiger partial charge in [0.25, 0.3) is 0 Å². The number of rotatable bonds is 5. The van der Waals surface area contributed by atoms with Crippen molar-refractivity contribution in [3.8, 4) is 6.07 Å². The lowest BCUT2D eigenvalue weighted by atomic mass is 9.70. The van der Waals surface area contributed by atoms with Crippen LogP contribution < -0.4 is 0 Å². The van der Waals surface area contributed by atoms with Crippen LogP contribution in [0.4, 0.5) is 0 Å². The molecule has 2 unspecified atom stereocenters. The summed E-state index contributed by atoms with van der Waals surface area (Å²) in [6.07, 6.45) is 11.2. The van der Waals surface area contributed by atoms with E-state index in [1.807, 2.05) is 12.2 Å². The zero-order valence-corrected chi connectivity index (χ0v) is 12.5. The Morgan fingerprint density at radius 2 is 2.35 bits per heavy atom. The molecule has 92 valence electrons. The first kappa shape index (κ1) is 14.8. The van der Waals surface area contributed by atoms with Crippen LogP contribution in [0.15, 0.2) is 24.3 Å². The van der Waals surface area contributed by atoms with E-state index in [-0.39, 0.29) is 5.41 Å². The minimum atomic E-state index is -0.317. The number of thiocarbonyl (C=S) groups is 1. The van der Waals surface area contributed by atoms with E-state index >= 15 is 0 Å². The molecule has 0 N–H and O–H groups in total. The highest BCUT2D eigenvalue weighted by Crippen LogP contribution is 2.40. The zero-order chi connectivity index (χ0) is 12.7. The number of thioether (sulfide) groups is 1. The summed E-state index contributed by atoms with van der Waals surface area (Å²) in [5.74, 6) is 1.23. The fourth-order valence-electron chi connectivity index (χ4n) is 2.21. The Morgan fingerprint density at radius 1 is 1.59 bits per heavy atom. The van der Waals surface area contributed by atoms with Crippen molar-refractivity contribution >= 4 is 40.1 Å². The summed E-state index contributed by atoms with van der Waals surface area (Å²) in [4.78, 5) is 0. The molecule has 0 bridgehead atoms. The monoisotopic (exact) mass is 283 g/mol. The fraction of sp³-hybridized carbons (Fsp3) is 0.538. The van der Waals surface area contributed by atoms with Crippen LogP contribution in [0.1, 0.15) is 26.2 Å². The third-order valence-electron chi connectivity index (χ3n) is 3.04. The van der Waals surface area contributed by atoms with Gasteiger partial charge >= 0.3 is 0 Å². The third-order valence-corrected chi connectivity index (χ3v) is 4.46. The van der Waals surface area contributed by atoms with Crippen molar-refractivity contribution in [2.45, 2.75) is 26.2 Å². The van der Waals surface area contributed by atoms with Gasteiger partial charge in [-0.2, -0.15) is 5.26 Å². The van der Waals surface area contributed by atoms with Gasteiger partial charge in [0.2, 0.25) is 0 Å². The van der Waals surface area contributed by atoms with Gasteiger partial charge in [-0.05, 0) is 18.6 Å². The average Bonchev–Trinajstić information content (AvgIpc) is 2.31. The first-order valence-corrected chi connectivity index (χ1v) is 7.61. The molecule has 1 aliphatic rings. The molecule has 0 aromatic carbocycles. The highest BCUT2D eigenvalue weighted by Gasteiger charge is 2.35. The number of hydrogen-bond acceptors (Lipinski definition) is 3. The summed E-state index contributed by atoms with van der Waals surface area (Å²) < 4.78 is 0.679. The molecule has 0 amide bonds. The van der Waals surface area contributed by atoms with Gasteiger partial charge in [0.15, 0.2) is 0 Å². The van der Waals surface area contributed by atoms with Gasteiger partial charge in [-0.3, -0.25) is 0 Å². The number of thiol groups is 1. The quantitative estimate of drug-likeness (QED) is 0.598. The number of nitriles is 1. The van der Waals surface area contributed by atoms with Gasteiger partial charge in [-0.25, -0.2) is 0 Å². The van der Waals surface area contributed by atoms with Crippen molar-refractivity contribution in [3.05, 3.63) is 24.3 Å². The second-order valence-corrected chi connectivity index (χ2v) is 6.98. The molecule has 17 heavy (non-hydrogen) atoms. The molecular weight excluding hydrogens is 266 g/mol. The highest BCUT2D eigenvalue weighted by atomic mass is 32.2. The molecule has 1 aliphatic carbocycles. The van der Waals surface area contributed by atoms with E-state index in [4.69, 9.17) is 12.2 Å². The lowest BCUT2D eigenvalue weighted by Gasteiger charge is -2.32. The van der Waals surface area contributed by atoms with Crippen LogP contribution in [-0.2, 0) is 0 Å². The van der Waals surface area contributed by atoms with Crippen molar-refractivity contribution < 1.29 is 0 Å². The van der Waals surface area contributed by atoms with Crippen molar-refractivity contribution in [1.29, 1.82) is 5.26 Å². The van der Waals surface area contributed by atoms with Gasteiger partial charge in [0, 0.05) is 5.92 Å². The summed E-state index contributed by atoms with van der Waals surface area (Å²) in [5, 5.41) is 9.47. The molecule has 2 atom stereocenters. The smallest absolute Gasteiger partial charge is 0.101 e. The van der Waals surface area contributed by atoms with Gasteiger partial charge in [0.05, 0.1) is 11.5 Å². The molecular formula is C13H17NS3. The molecule has 0 aromatic rings. The number of allylic oxidation sites excluding steroid dienone is 4. The maximum absolute atomic E-state index is 9.47. The molecule has 0 aliphatic heterocycles. The van der Waals surface area contributed by atoms with Crippen molar-refractivity contribution in [2.24, 2.45) is 11.3 Å². The molecule has 0 fully saturated rings. The molecule has 0 spiro atoms.